The minimum absolute atomic E-state index is 0.203. The molecule has 14 heavy (non-hydrogen) atoms. The number of aliphatic hydroxyl groups excluding tert-OH is 1. The highest BCUT2D eigenvalue weighted by Gasteiger charge is 2.03. The lowest BCUT2D eigenvalue weighted by Crippen LogP contribution is -1.99. The maximum atomic E-state index is 12.8. The summed E-state index contributed by atoms with van der Waals surface area (Å²) in [5.74, 6) is -0.167. The van der Waals surface area contributed by atoms with Crippen molar-refractivity contribution in [3.8, 4) is 5.69 Å². The van der Waals surface area contributed by atoms with Crippen LogP contribution in [0.25, 0.3) is 5.69 Å². The first kappa shape index (κ1) is 8.76. The van der Waals surface area contributed by atoms with E-state index in [9.17, 15) is 4.39 Å². The average molecular weight is 194 g/mol. The molecule has 0 saturated heterocycles. The topological polar surface area (TPSA) is 63.8 Å². The fraction of sp³-hybridized carbons (Fsp3) is 0.125. The Labute approximate surface area is 78.8 Å². The fourth-order valence-electron chi connectivity index (χ4n) is 1.02. The number of nitrogens with zero attached hydrogens (tertiary/aromatic N) is 4. The Kier molecular flexibility index (Phi) is 2.19. The number of rotatable bonds is 2. The summed E-state index contributed by atoms with van der Waals surface area (Å²) >= 11 is 0. The second kappa shape index (κ2) is 3.51. The van der Waals surface area contributed by atoms with Gasteiger partial charge in [-0.25, -0.2) is 4.39 Å². The van der Waals surface area contributed by atoms with Crippen LogP contribution in [0, 0.1) is 5.82 Å². The monoisotopic (exact) mass is 194 g/mol. The van der Waals surface area contributed by atoms with Crippen LogP contribution in [0.1, 0.15) is 5.82 Å². The molecule has 1 N–H and O–H groups in total. The highest BCUT2D eigenvalue weighted by atomic mass is 19.1. The number of hydrogen-bond acceptors (Lipinski definition) is 4. The third-order valence-corrected chi connectivity index (χ3v) is 1.64. The maximum Gasteiger partial charge on any atom is 0.200 e. The summed E-state index contributed by atoms with van der Waals surface area (Å²) in [4.78, 5) is 1.16. The van der Waals surface area contributed by atoms with Crippen molar-refractivity contribution < 1.29 is 9.50 Å². The van der Waals surface area contributed by atoms with Crippen molar-refractivity contribution in [1.82, 2.24) is 20.2 Å². The molecule has 0 amide bonds. The van der Waals surface area contributed by atoms with Crippen LogP contribution in [-0.2, 0) is 6.61 Å². The second-order valence-corrected chi connectivity index (χ2v) is 2.63. The maximum absolute atomic E-state index is 12.8. The van der Waals surface area contributed by atoms with E-state index in [0.717, 1.165) is 4.80 Å². The van der Waals surface area contributed by atoms with Gasteiger partial charge in [-0.2, -0.15) is 0 Å². The van der Waals surface area contributed by atoms with E-state index in [-0.39, 0.29) is 18.2 Å². The molecular formula is C8H7FN4O. The van der Waals surface area contributed by atoms with Gasteiger partial charge in [0.25, 0.3) is 0 Å². The molecule has 1 aromatic heterocycles. The van der Waals surface area contributed by atoms with E-state index in [0.29, 0.717) is 5.69 Å². The predicted octanol–water partition coefficient (Wildman–Crippen LogP) is 0.294. The molecule has 72 valence electrons. The van der Waals surface area contributed by atoms with Gasteiger partial charge in [0, 0.05) is 6.07 Å². The highest BCUT2D eigenvalue weighted by Crippen LogP contribution is 2.06. The Morgan fingerprint density at radius 1 is 1.43 bits per heavy atom. The SMILES string of the molecule is OCc1nnn(-c2cccc(F)c2)n1. The molecule has 1 heterocycles. The molecule has 0 radical (unpaired) electrons. The van der Waals surface area contributed by atoms with Crippen molar-refractivity contribution in [3.05, 3.63) is 35.9 Å². The van der Waals surface area contributed by atoms with Crippen molar-refractivity contribution in [1.29, 1.82) is 0 Å². The van der Waals surface area contributed by atoms with E-state index >= 15 is 0 Å². The van der Waals surface area contributed by atoms with Crippen molar-refractivity contribution >= 4 is 0 Å². The van der Waals surface area contributed by atoms with Crippen molar-refractivity contribution in [2.45, 2.75) is 6.61 Å². The lowest BCUT2D eigenvalue weighted by Gasteiger charge is -1.96. The van der Waals surface area contributed by atoms with Crippen molar-refractivity contribution in [3.63, 3.8) is 0 Å². The highest BCUT2D eigenvalue weighted by molar-refractivity contribution is 5.28. The molecule has 0 spiro atoms. The van der Waals surface area contributed by atoms with Gasteiger partial charge in [-0.3, -0.25) is 0 Å². The Balaban J connectivity index is 2.39. The van der Waals surface area contributed by atoms with E-state index in [1.807, 2.05) is 0 Å². The second-order valence-electron chi connectivity index (χ2n) is 2.63. The van der Waals surface area contributed by atoms with Crippen LogP contribution in [0.2, 0.25) is 0 Å². The Morgan fingerprint density at radius 2 is 2.29 bits per heavy atom. The summed E-state index contributed by atoms with van der Waals surface area (Å²) < 4.78 is 12.8. The molecule has 0 aliphatic heterocycles. The lowest BCUT2D eigenvalue weighted by molar-refractivity contribution is 0.271. The number of benzene rings is 1. The zero-order valence-electron chi connectivity index (χ0n) is 7.13. The first-order valence-electron chi connectivity index (χ1n) is 3.95. The molecule has 0 bridgehead atoms. The summed E-state index contributed by atoms with van der Waals surface area (Å²) in [6.07, 6.45) is 0. The summed E-state index contributed by atoms with van der Waals surface area (Å²) in [5.41, 5.74) is 0.470. The van der Waals surface area contributed by atoms with Crippen LogP contribution in [0.4, 0.5) is 4.39 Å². The standard InChI is InChI=1S/C8H7FN4O/c9-6-2-1-3-7(4-6)13-11-8(5-14)10-12-13/h1-4,14H,5H2. The smallest absolute Gasteiger partial charge is 0.200 e. The molecule has 5 nitrogen and oxygen atoms in total. The van der Waals surface area contributed by atoms with Crippen LogP contribution in [0.5, 0.6) is 0 Å². The molecule has 2 aromatic rings. The van der Waals surface area contributed by atoms with Crippen molar-refractivity contribution in [2.24, 2.45) is 0 Å². The zero-order valence-corrected chi connectivity index (χ0v) is 7.13. The van der Waals surface area contributed by atoms with Gasteiger partial charge < -0.3 is 5.11 Å². The van der Waals surface area contributed by atoms with Gasteiger partial charge >= 0.3 is 0 Å². The minimum Gasteiger partial charge on any atom is -0.388 e. The number of tetrazole rings is 1. The first-order valence-corrected chi connectivity index (χ1v) is 3.95. The van der Waals surface area contributed by atoms with Crippen LogP contribution in [0.15, 0.2) is 24.3 Å². The fourth-order valence-corrected chi connectivity index (χ4v) is 1.02. The molecule has 0 aliphatic rings. The number of aliphatic hydroxyl groups is 1. The zero-order chi connectivity index (χ0) is 9.97. The van der Waals surface area contributed by atoms with Gasteiger partial charge in [0.2, 0.25) is 5.82 Å². The van der Waals surface area contributed by atoms with E-state index in [1.165, 1.54) is 12.1 Å². The molecule has 0 aliphatic carbocycles. The van der Waals surface area contributed by atoms with Gasteiger partial charge in [0.15, 0.2) is 0 Å². The Bertz CT molecular complexity index is 442. The van der Waals surface area contributed by atoms with Gasteiger partial charge in [0.05, 0.1) is 5.69 Å². The first-order chi connectivity index (χ1) is 6.79. The van der Waals surface area contributed by atoms with Gasteiger partial charge in [-0.05, 0) is 17.3 Å². The van der Waals surface area contributed by atoms with Crippen LogP contribution in [0.3, 0.4) is 0 Å². The molecular weight excluding hydrogens is 187 g/mol. The van der Waals surface area contributed by atoms with Gasteiger partial charge in [0.1, 0.15) is 12.4 Å². The summed E-state index contributed by atoms with van der Waals surface area (Å²) in [7, 11) is 0. The molecule has 0 saturated carbocycles. The minimum atomic E-state index is -0.370. The van der Waals surface area contributed by atoms with E-state index < -0.39 is 0 Å². The third kappa shape index (κ3) is 1.60. The van der Waals surface area contributed by atoms with Crippen LogP contribution >= 0.6 is 0 Å². The van der Waals surface area contributed by atoms with E-state index in [2.05, 4.69) is 15.4 Å². The molecule has 0 fully saturated rings. The van der Waals surface area contributed by atoms with Crippen LogP contribution < -0.4 is 0 Å². The normalized spacial score (nSPS) is 10.4. The number of hydrogen-bond donors (Lipinski definition) is 1. The molecule has 0 atom stereocenters. The predicted molar refractivity (Wildman–Crippen MR) is 45.0 cm³/mol. The number of halogens is 1. The van der Waals surface area contributed by atoms with Crippen LogP contribution in [-0.4, -0.2) is 25.3 Å². The van der Waals surface area contributed by atoms with Crippen molar-refractivity contribution in [2.75, 3.05) is 0 Å². The molecule has 1 aromatic carbocycles. The van der Waals surface area contributed by atoms with Gasteiger partial charge in [-0.1, -0.05) is 6.07 Å². The summed E-state index contributed by atoms with van der Waals surface area (Å²) in [5, 5.41) is 19.7. The average Bonchev–Trinajstić information content (AvgIpc) is 2.66. The van der Waals surface area contributed by atoms with E-state index in [1.54, 1.807) is 12.1 Å². The summed E-state index contributed by atoms with van der Waals surface area (Å²) in [6, 6.07) is 5.80. The largest absolute Gasteiger partial charge is 0.388 e. The molecule has 2 rings (SSSR count). The lowest BCUT2D eigenvalue weighted by atomic mass is 10.3. The number of aromatic nitrogens is 4. The Hall–Kier alpha value is -1.82. The summed E-state index contributed by atoms with van der Waals surface area (Å²) in [6.45, 7) is -0.282. The Morgan fingerprint density at radius 3 is 2.93 bits per heavy atom. The molecule has 6 heteroatoms. The van der Waals surface area contributed by atoms with E-state index in [4.69, 9.17) is 5.11 Å². The third-order valence-electron chi connectivity index (χ3n) is 1.64. The molecule has 0 unspecified atom stereocenters. The quantitative estimate of drug-likeness (QED) is 0.746. The van der Waals surface area contributed by atoms with Gasteiger partial charge in [-0.15, -0.1) is 15.0 Å².